The molecule has 1 unspecified atom stereocenters. The number of carbonyl (C=O) groups excluding carboxylic acids is 1. The van der Waals surface area contributed by atoms with Gasteiger partial charge in [-0.25, -0.2) is 10.8 Å². The number of amides is 1. The first-order valence-electron chi connectivity index (χ1n) is 6.46. The maximum absolute atomic E-state index is 11.4. The second kappa shape index (κ2) is 6.60. The minimum absolute atomic E-state index is 0.320. The summed E-state index contributed by atoms with van der Waals surface area (Å²) in [5.74, 6) is 4.73. The van der Waals surface area contributed by atoms with Gasteiger partial charge in [0.2, 0.25) is 0 Å². The van der Waals surface area contributed by atoms with Gasteiger partial charge in [0.1, 0.15) is 5.69 Å². The van der Waals surface area contributed by atoms with Gasteiger partial charge >= 0.3 is 0 Å². The van der Waals surface area contributed by atoms with E-state index < -0.39 is 0 Å². The van der Waals surface area contributed by atoms with E-state index in [0.29, 0.717) is 18.3 Å². The van der Waals surface area contributed by atoms with E-state index in [2.05, 4.69) is 15.3 Å². The molecule has 2 rings (SSSR count). The van der Waals surface area contributed by atoms with E-state index in [9.17, 15) is 4.79 Å². The molecule has 0 aromatic carbocycles. The molecule has 0 aliphatic carbocycles. The summed E-state index contributed by atoms with van der Waals surface area (Å²) in [7, 11) is 2.03. The Labute approximate surface area is 112 Å². The van der Waals surface area contributed by atoms with Gasteiger partial charge in [-0.2, -0.15) is 0 Å². The van der Waals surface area contributed by atoms with Gasteiger partial charge < -0.3 is 4.74 Å². The summed E-state index contributed by atoms with van der Waals surface area (Å²) in [6.45, 7) is 2.43. The smallest absolute Gasteiger partial charge is 0.283 e. The van der Waals surface area contributed by atoms with Crippen molar-refractivity contribution in [3.63, 3.8) is 0 Å². The zero-order chi connectivity index (χ0) is 13.7. The maximum Gasteiger partial charge on any atom is 0.283 e. The van der Waals surface area contributed by atoms with Crippen LogP contribution in [0.3, 0.4) is 0 Å². The maximum atomic E-state index is 11.4. The lowest BCUT2D eigenvalue weighted by Crippen LogP contribution is -2.31. The average molecular weight is 264 g/mol. The molecule has 1 amide bonds. The van der Waals surface area contributed by atoms with Crippen molar-refractivity contribution in [2.45, 2.75) is 25.5 Å². The number of pyridine rings is 1. The van der Waals surface area contributed by atoms with E-state index in [1.807, 2.05) is 19.2 Å². The zero-order valence-electron chi connectivity index (χ0n) is 11.1. The molecule has 6 nitrogen and oxygen atoms in total. The fourth-order valence-corrected chi connectivity index (χ4v) is 2.25. The molecule has 104 valence electrons. The number of ether oxygens (including phenoxy) is 1. The van der Waals surface area contributed by atoms with Gasteiger partial charge in [-0.1, -0.05) is 6.07 Å². The number of nitrogens with one attached hydrogen (secondary N) is 1. The summed E-state index contributed by atoms with van der Waals surface area (Å²) < 4.78 is 5.60. The predicted octanol–water partition coefficient (Wildman–Crippen LogP) is 0.296. The van der Waals surface area contributed by atoms with Gasteiger partial charge in [0, 0.05) is 19.7 Å². The third-order valence-corrected chi connectivity index (χ3v) is 3.14. The number of nitrogens with two attached hydrogens (primary N) is 1. The Bertz CT molecular complexity index is 432. The largest absolute Gasteiger partial charge is 0.377 e. The molecule has 0 bridgehead atoms. The highest BCUT2D eigenvalue weighted by molar-refractivity contribution is 5.91. The Hall–Kier alpha value is -1.50. The van der Waals surface area contributed by atoms with Crippen LogP contribution < -0.4 is 11.3 Å². The summed E-state index contributed by atoms with van der Waals surface area (Å²) in [4.78, 5) is 17.8. The quantitative estimate of drug-likeness (QED) is 0.454. The van der Waals surface area contributed by atoms with Crippen LogP contribution in [-0.4, -0.2) is 42.1 Å². The predicted molar refractivity (Wildman–Crippen MR) is 71.2 cm³/mol. The van der Waals surface area contributed by atoms with Gasteiger partial charge in [-0.05, 0) is 32.0 Å². The molecule has 0 spiro atoms. The lowest BCUT2D eigenvalue weighted by molar-refractivity contribution is 0.0789. The summed E-state index contributed by atoms with van der Waals surface area (Å²) in [6, 6.07) is 5.36. The van der Waals surface area contributed by atoms with Gasteiger partial charge in [-0.3, -0.25) is 15.1 Å². The van der Waals surface area contributed by atoms with Crippen LogP contribution >= 0.6 is 0 Å². The van der Waals surface area contributed by atoms with Gasteiger partial charge in [-0.15, -0.1) is 0 Å². The van der Waals surface area contributed by atoms with Gasteiger partial charge in [0.25, 0.3) is 5.91 Å². The SMILES string of the molecule is CN(Cc1cccc(C(=O)NN)n1)CC1CCCO1. The van der Waals surface area contributed by atoms with Crippen LogP contribution in [0.1, 0.15) is 29.0 Å². The van der Waals surface area contributed by atoms with Crippen molar-refractivity contribution >= 4 is 5.91 Å². The summed E-state index contributed by atoms with van der Waals surface area (Å²) >= 11 is 0. The molecule has 0 radical (unpaired) electrons. The molecule has 1 fully saturated rings. The number of hydrazine groups is 1. The molecule has 1 aliphatic heterocycles. The summed E-state index contributed by atoms with van der Waals surface area (Å²) in [5, 5.41) is 0. The Kier molecular flexibility index (Phi) is 4.84. The molecule has 19 heavy (non-hydrogen) atoms. The first-order valence-corrected chi connectivity index (χ1v) is 6.46. The van der Waals surface area contributed by atoms with E-state index >= 15 is 0 Å². The molecule has 6 heteroatoms. The van der Waals surface area contributed by atoms with Crippen LogP contribution in [0.5, 0.6) is 0 Å². The van der Waals surface area contributed by atoms with E-state index in [1.54, 1.807) is 6.07 Å². The Balaban J connectivity index is 1.92. The van der Waals surface area contributed by atoms with Crippen molar-refractivity contribution in [1.29, 1.82) is 0 Å². The number of likely N-dealkylation sites (N-methyl/N-ethyl adjacent to an activating group) is 1. The number of nitrogens with zero attached hydrogens (tertiary/aromatic N) is 2. The molecule has 1 atom stereocenters. The number of carbonyl (C=O) groups is 1. The standard InChI is InChI=1S/C13H20N4O2/c1-17(9-11-5-3-7-19-11)8-10-4-2-6-12(15-10)13(18)16-14/h2,4,6,11H,3,5,7-9,14H2,1H3,(H,16,18). The van der Waals surface area contributed by atoms with Crippen molar-refractivity contribution in [1.82, 2.24) is 15.3 Å². The Morgan fingerprint density at radius 3 is 3.16 bits per heavy atom. The van der Waals surface area contributed by atoms with E-state index in [4.69, 9.17) is 10.6 Å². The number of hydrogen-bond acceptors (Lipinski definition) is 5. The first kappa shape index (κ1) is 13.9. The highest BCUT2D eigenvalue weighted by Crippen LogP contribution is 2.13. The third kappa shape index (κ3) is 3.99. The topological polar surface area (TPSA) is 80.5 Å². The van der Waals surface area contributed by atoms with Gasteiger partial charge in [0.05, 0.1) is 11.8 Å². The molecule has 2 heterocycles. The fraction of sp³-hybridized carbons (Fsp3) is 0.538. The number of hydrogen-bond donors (Lipinski definition) is 2. The molecule has 3 N–H and O–H groups in total. The Morgan fingerprint density at radius 1 is 1.63 bits per heavy atom. The zero-order valence-corrected chi connectivity index (χ0v) is 11.1. The molecule has 1 saturated heterocycles. The number of rotatable bonds is 5. The monoisotopic (exact) mass is 264 g/mol. The summed E-state index contributed by atoms with van der Waals surface area (Å²) in [5.41, 5.74) is 3.27. The van der Waals surface area contributed by atoms with Crippen molar-refractivity contribution in [3.8, 4) is 0 Å². The lowest BCUT2D eigenvalue weighted by Gasteiger charge is -2.20. The average Bonchev–Trinajstić information content (AvgIpc) is 2.90. The second-order valence-electron chi connectivity index (χ2n) is 4.82. The molecule has 1 aliphatic rings. The molecule has 0 saturated carbocycles. The van der Waals surface area contributed by atoms with Crippen LogP contribution in [0.4, 0.5) is 0 Å². The first-order chi connectivity index (χ1) is 9.19. The van der Waals surface area contributed by atoms with Crippen molar-refractivity contribution in [2.75, 3.05) is 20.2 Å². The van der Waals surface area contributed by atoms with Crippen molar-refractivity contribution < 1.29 is 9.53 Å². The van der Waals surface area contributed by atoms with Crippen LogP contribution in [0.25, 0.3) is 0 Å². The van der Waals surface area contributed by atoms with Crippen LogP contribution in [0, 0.1) is 0 Å². The molecule has 1 aromatic heterocycles. The molecule has 1 aromatic rings. The highest BCUT2D eigenvalue weighted by Gasteiger charge is 2.17. The molecular formula is C13H20N4O2. The van der Waals surface area contributed by atoms with Crippen molar-refractivity contribution in [3.05, 3.63) is 29.6 Å². The van der Waals surface area contributed by atoms with Crippen LogP contribution in [-0.2, 0) is 11.3 Å². The second-order valence-corrected chi connectivity index (χ2v) is 4.82. The van der Waals surface area contributed by atoms with Crippen LogP contribution in [0.15, 0.2) is 18.2 Å². The minimum Gasteiger partial charge on any atom is -0.377 e. The lowest BCUT2D eigenvalue weighted by atomic mass is 10.2. The third-order valence-electron chi connectivity index (χ3n) is 3.14. The summed E-state index contributed by atoms with van der Waals surface area (Å²) in [6.07, 6.45) is 2.58. The fourth-order valence-electron chi connectivity index (χ4n) is 2.25. The normalized spacial score (nSPS) is 18.8. The molecular weight excluding hydrogens is 244 g/mol. The van der Waals surface area contributed by atoms with Crippen molar-refractivity contribution in [2.24, 2.45) is 5.84 Å². The van der Waals surface area contributed by atoms with E-state index in [-0.39, 0.29) is 5.91 Å². The van der Waals surface area contributed by atoms with E-state index in [1.165, 1.54) is 0 Å². The van der Waals surface area contributed by atoms with Gasteiger partial charge in [0.15, 0.2) is 0 Å². The van der Waals surface area contributed by atoms with Crippen LogP contribution in [0.2, 0.25) is 0 Å². The number of nitrogen functional groups attached to an aromatic ring is 1. The Morgan fingerprint density at radius 2 is 2.47 bits per heavy atom. The number of aromatic nitrogens is 1. The highest BCUT2D eigenvalue weighted by atomic mass is 16.5. The van der Waals surface area contributed by atoms with E-state index in [0.717, 1.165) is 31.7 Å². The minimum atomic E-state index is -0.372.